The lowest BCUT2D eigenvalue weighted by atomic mass is 9.88. The Morgan fingerprint density at radius 3 is 2.50 bits per heavy atom. The van der Waals surface area contributed by atoms with Crippen molar-refractivity contribution < 1.29 is 9.53 Å². The average Bonchev–Trinajstić information content (AvgIpc) is 2.28. The van der Waals surface area contributed by atoms with Gasteiger partial charge in [0.1, 0.15) is 0 Å². The fourth-order valence-corrected chi connectivity index (χ4v) is 1.93. The van der Waals surface area contributed by atoms with Crippen molar-refractivity contribution in [2.45, 2.75) is 31.7 Å². The van der Waals surface area contributed by atoms with Crippen LogP contribution in [0.4, 0.5) is 0 Å². The van der Waals surface area contributed by atoms with Gasteiger partial charge in [0.05, 0.1) is 5.54 Å². The number of carbonyl (C=O) groups excluding carboxylic acids is 1. The van der Waals surface area contributed by atoms with Gasteiger partial charge in [-0.25, -0.2) is 0 Å². The monoisotopic (exact) mass is 200 g/mol. The van der Waals surface area contributed by atoms with Gasteiger partial charge in [0.2, 0.25) is 5.91 Å². The van der Waals surface area contributed by atoms with Crippen molar-refractivity contribution in [3.63, 3.8) is 0 Å². The minimum Gasteiger partial charge on any atom is -0.381 e. The van der Waals surface area contributed by atoms with E-state index in [1.54, 1.807) is 0 Å². The van der Waals surface area contributed by atoms with Gasteiger partial charge in [-0.15, -0.1) is 0 Å². The van der Waals surface area contributed by atoms with Crippen molar-refractivity contribution in [2.24, 2.45) is 5.73 Å². The summed E-state index contributed by atoms with van der Waals surface area (Å²) < 4.78 is 5.30. The molecule has 0 aliphatic carbocycles. The molecule has 82 valence electrons. The molecule has 4 heteroatoms. The summed E-state index contributed by atoms with van der Waals surface area (Å²) in [4.78, 5) is 13.4. The van der Waals surface area contributed by atoms with E-state index in [-0.39, 0.29) is 11.4 Å². The van der Waals surface area contributed by atoms with Crippen molar-refractivity contribution >= 4 is 5.91 Å². The summed E-state index contributed by atoms with van der Waals surface area (Å²) in [5.74, 6) is 0.164. The molecule has 2 N–H and O–H groups in total. The van der Waals surface area contributed by atoms with E-state index in [2.05, 4.69) is 0 Å². The van der Waals surface area contributed by atoms with Gasteiger partial charge in [-0.2, -0.15) is 0 Å². The highest BCUT2D eigenvalue weighted by Gasteiger charge is 2.37. The number of ether oxygens (including phenoxy) is 1. The Hall–Kier alpha value is -0.610. The molecular weight excluding hydrogens is 180 g/mol. The summed E-state index contributed by atoms with van der Waals surface area (Å²) in [6.45, 7) is 3.82. The van der Waals surface area contributed by atoms with Gasteiger partial charge in [0.15, 0.2) is 0 Å². The lowest BCUT2D eigenvalue weighted by Gasteiger charge is -2.43. The van der Waals surface area contributed by atoms with Crippen LogP contribution in [0.3, 0.4) is 0 Å². The summed E-state index contributed by atoms with van der Waals surface area (Å²) >= 11 is 0. The summed E-state index contributed by atoms with van der Waals surface area (Å²) in [6.07, 6.45) is 2.25. The van der Waals surface area contributed by atoms with Crippen molar-refractivity contribution in [3.8, 4) is 0 Å². The van der Waals surface area contributed by atoms with E-state index in [1.807, 2.05) is 18.9 Å². The third-order valence-corrected chi connectivity index (χ3v) is 3.19. The standard InChI is InChI=1S/C10H20N2O2/c1-3-9(13)12(2)10(8-11)4-6-14-7-5-10/h3-8,11H2,1-2H3. The van der Waals surface area contributed by atoms with Gasteiger partial charge in [-0.1, -0.05) is 6.92 Å². The van der Waals surface area contributed by atoms with Gasteiger partial charge >= 0.3 is 0 Å². The maximum atomic E-state index is 11.6. The highest BCUT2D eigenvalue weighted by atomic mass is 16.5. The van der Waals surface area contributed by atoms with Crippen LogP contribution >= 0.6 is 0 Å². The van der Waals surface area contributed by atoms with Crippen LogP contribution in [-0.4, -0.2) is 43.2 Å². The lowest BCUT2D eigenvalue weighted by molar-refractivity contribution is -0.138. The van der Waals surface area contributed by atoms with Gasteiger partial charge in [0, 0.05) is 33.2 Å². The first-order chi connectivity index (χ1) is 6.66. The predicted molar refractivity (Wildman–Crippen MR) is 54.9 cm³/mol. The number of hydrogen-bond acceptors (Lipinski definition) is 3. The predicted octanol–water partition coefficient (Wildman–Crippen LogP) is 0.363. The normalized spacial score (nSPS) is 20.5. The third-order valence-electron chi connectivity index (χ3n) is 3.19. The van der Waals surface area contributed by atoms with Crippen LogP contribution in [0.1, 0.15) is 26.2 Å². The largest absolute Gasteiger partial charge is 0.381 e. The molecule has 0 saturated carbocycles. The molecule has 0 atom stereocenters. The molecule has 1 amide bonds. The zero-order chi connectivity index (χ0) is 10.6. The van der Waals surface area contributed by atoms with E-state index in [1.165, 1.54) is 0 Å². The fourth-order valence-electron chi connectivity index (χ4n) is 1.93. The number of likely N-dealkylation sites (N-methyl/N-ethyl adjacent to an activating group) is 1. The molecule has 0 bridgehead atoms. The van der Waals surface area contributed by atoms with E-state index in [0.29, 0.717) is 26.2 Å². The van der Waals surface area contributed by atoms with Crippen LogP contribution in [-0.2, 0) is 9.53 Å². The maximum absolute atomic E-state index is 11.6. The van der Waals surface area contributed by atoms with Crippen LogP contribution in [0, 0.1) is 0 Å². The third kappa shape index (κ3) is 2.07. The summed E-state index contributed by atoms with van der Waals surface area (Å²) in [6, 6.07) is 0. The summed E-state index contributed by atoms with van der Waals surface area (Å²) in [5.41, 5.74) is 5.62. The summed E-state index contributed by atoms with van der Waals surface area (Å²) in [7, 11) is 1.85. The average molecular weight is 200 g/mol. The Labute approximate surface area is 85.4 Å². The van der Waals surface area contributed by atoms with Gasteiger partial charge in [-0.05, 0) is 12.8 Å². The van der Waals surface area contributed by atoms with Crippen LogP contribution in [0.5, 0.6) is 0 Å². The van der Waals surface area contributed by atoms with Crippen molar-refractivity contribution in [2.75, 3.05) is 26.8 Å². The van der Waals surface area contributed by atoms with E-state index in [0.717, 1.165) is 12.8 Å². The van der Waals surface area contributed by atoms with E-state index >= 15 is 0 Å². The maximum Gasteiger partial charge on any atom is 0.222 e. The highest BCUT2D eigenvalue weighted by molar-refractivity contribution is 5.76. The summed E-state index contributed by atoms with van der Waals surface area (Å²) in [5, 5.41) is 0. The van der Waals surface area contributed by atoms with E-state index in [9.17, 15) is 4.79 Å². The molecule has 4 nitrogen and oxygen atoms in total. The van der Waals surface area contributed by atoms with Crippen LogP contribution in [0.15, 0.2) is 0 Å². The van der Waals surface area contributed by atoms with Crippen LogP contribution < -0.4 is 5.73 Å². The first-order valence-electron chi connectivity index (χ1n) is 5.21. The van der Waals surface area contributed by atoms with Gasteiger partial charge in [-0.3, -0.25) is 4.79 Å². The molecule has 1 saturated heterocycles. The second-order valence-electron chi connectivity index (χ2n) is 3.85. The Morgan fingerprint density at radius 2 is 2.07 bits per heavy atom. The topological polar surface area (TPSA) is 55.6 Å². The Kier molecular flexibility index (Phi) is 3.89. The van der Waals surface area contributed by atoms with Crippen molar-refractivity contribution in [1.82, 2.24) is 4.90 Å². The number of amides is 1. The zero-order valence-corrected chi connectivity index (χ0v) is 9.08. The zero-order valence-electron chi connectivity index (χ0n) is 9.08. The molecule has 0 aromatic heterocycles. The molecular formula is C10H20N2O2. The molecule has 0 radical (unpaired) electrons. The Balaban J connectivity index is 2.71. The number of rotatable bonds is 3. The van der Waals surface area contributed by atoms with Gasteiger partial charge in [0.25, 0.3) is 0 Å². The molecule has 1 rings (SSSR count). The van der Waals surface area contributed by atoms with Crippen molar-refractivity contribution in [3.05, 3.63) is 0 Å². The second kappa shape index (κ2) is 4.75. The highest BCUT2D eigenvalue weighted by Crippen LogP contribution is 2.26. The van der Waals surface area contributed by atoms with Crippen LogP contribution in [0.25, 0.3) is 0 Å². The lowest BCUT2D eigenvalue weighted by Crippen LogP contribution is -2.57. The SMILES string of the molecule is CCC(=O)N(C)C1(CN)CCOCC1. The molecule has 1 aliphatic heterocycles. The number of nitrogens with two attached hydrogens (primary N) is 1. The van der Waals surface area contributed by atoms with Gasteiger partial charge < -0.3 is 15.4 Å². The minimum absolute atomic E-state index is 0.161. The smallest absolute Gasteiger partial charge is 0.222 e. The molecule has 1 heterocycles. The molecule has 0 unspecified atom stereocenters. The van der Waals surface area contributed by atoms with E-state index in [4.69, 9.17) is 10.5 Å². The number of carbonyl (C=O) groups is 1. The van der Waals surface area contributed by atoms with E-state index < -0.39 is 0 Å². The number of nitrogens with zero attached hydrogens (tertiary/aromatic N) is 1. The molecule has 0 spiro atoms. The molecule has 0 aromatic rings. The molecule has 0 aromatic carbocycles. The molecule has 1 aliphatic rings. The minimum atomic E-state index is -0.161. The van der Waals surface area contributed by atoms with Crippen LogP contribution in [0.2, 0.25) is 0 Å². The first kappa shape index (κ1) is 11.5. The Bertz CT molecular complexity index is 200. The molecule has 1 fully saturated rings. The quantitative estimate of drug-likeness (QED) is 0.715. The van der Waals surface area contributed by atoms with Crippen molar-refractivity contribution in [1.29, 1.82) is 0 Å². The Morgan fingerprint density at radius 1 is 1.50 bits per heavy atom. The first-order valence-corrected chi connectivity index (χ1v) is 5.21. The molecule has 14 heavy (non-hydrogen) atoms. The number of hydrogen-bond donors (Lipinski definition) is 1. The fraction of sp³-hybridized carbons (Fsp3) is 0.900. The second-order valence-corrected chi connectivity index (χ2v) is 3.85.